The van der Waals surface area contributed by atoms with Gasteiger partial charge in [0, 0.05) is 0 Å². The fourth-order valence-electron chi connectivity index (χ4n) is 2.01. The molecule has 0 aliphatic heterocycles. The summed E-state index contributed by atoms with van der Waals surface area (Å²) >= 11 is 5.76. The lowest BCUT2D eigenvalue weighted by Gasteiger charge is -2.12. The van der Waals surface area contributed by atoms with Gasteiger partial charge < -0.3 is 10.5 Å². The fourth-order valence-corrected chi connectivity index (χ4v) is 2.21. The Bertz CT molecular complexity index is 378. The first-order chi connectivity index (χ1) is 7.66. The number of aromatic nitrogens is 2. The van der Waals surface area contributed by atoms with E-state index in [-0.39, 0.29) is 5.28 Å². The molecule has 2 rings (SSSR count). The first-order valence-electron chi connectivity index (χ1n) is 5.59. The third kappa shape index (κ3) is 2.55. The van der Waals surface area contributed by atoms with Crippen LogP contribution in [0.15, 0.2) is 0 Å². The monoisotopic (exact) mass is 241 g/mol. The molecule has 1 heterocycles. The summed E-state index contributed by atoms with van der Waals surface area (Å²) in [4.78, 5) is 7.96. The minimum atomic E-state index is 0.188. The van der Waals surface area contributed by atoms with E-state index < -0.39 is 0 Å². The summed E-state index contributed by atoms with van der Waals surface area (Å²) in [6, 6.07) is 0. The maximum atomic E-state index is 5.83. The minimum absolute atomic E-state index is 0.188. The molecule has 1 aliphatic carbocycles. The van der Waals surface area contributed by atoms with Gasteiger partial charge in [0.2, 0.25) is 11.2 Å². The number of halogens is 1. The summed E-state index contributed by atoms with van der Waals surface area (Å²) < 4.78 is 5.62. The number of nitrogen functional groups attached to an aromatic ring is 1. The highest BCUT2D eigenvalue weighted by Gasteiger charge is 2.17. The SMILES string of the molecule is Cc1nc(Cl)nc(OCC2CCCC2)c1N. The van der Waals surface area contributed by atoms with E-state index in [1.165, 1.54) is 25.7 Å². The van der Waals surface area contributed by atoms with Gasteiger partial charge in [-0.25, -0.2) is 4.98 Å². The van der Waals surface area contributed by atoms with Crippen molar-refractivity contribution in [3.05, 3.63) is 11.0 Å². The molecule has 1 fully saturated rings. The third-order valence-corrected chi connectivity index (χ3v) is 3.17. The number of hydrogen-bond donors (Lipinski definition) is 1. The molecule has 1 aromatic heterocycles. The predicted octanol–water partition coefficient (Wildman–Crippen LogP) is 2.59. The second-order valence-corrected chi connectivity index (χ2v) is 4.60. The molecular weight excluding hydrogens is 226 g/mol. The first-order valence-corrected chi connectivity index (χ1v) is 5.97. The van der Waals surface area contributed by atoms with Crippen molar-refractivity contribution < 1.29 is 4.74 Å². The molecule has 0 saturated heterocycles. The highest BCUT2D eigenvalue weighted by atomic mass is 35.5. The Morgan fingerprint density at radius 1 is 1.38 bits per heavy atom. The van der Waals surface area contributed by atoms with Crippen LogP contribution in [0, 0.1) is 12.8 Å². The highest BCUT2D eigenvalue weighted by molar-refractivity contribution is 6.28. The van der Waals surface area contributed by atoms with Gasteiger partial charge in [-0.2, -0.15) is 4.98 Å². The molecule has 2 N–H and O–H groups in total. The van der Waals surface area contributed by atoms with E-state index >= 15 is 0 Å². The average Bonchev–Trinajstić information content (AvgIpc) is 2.74. The van der Waals surface area contributed by atoms with E-state index in [9.17, 15) is 0 Å². The predicted molar refractivity (Wildman–Crippen MR) is 63.6 cm³/mol. The molecule has 1 aromatic rings. The summed E-state index contributed by atoms with van der Waals surface area (Å²) in [5, 5.41) is 0.188. The van der Waals surface area contributed by atoms with Gasteiger partial charge in [-0.3, -0.25) is 0 Å². The van der Waals surface area contributed by atoms with Gasteiger partial charge in [0.1, 0.15) is 5.69 Å². The molecule has 0 atom stereocenters. The molecule has 0 bridgehead atoms. The van der Waals surface area contributed by atoms with Crippen molar-refractivity contribution in [2.45, 2.75) is 32.6 Å². The molecule has 5 heteroatoms. The van der Waals surface area contributed by atoms with E-state index in [2.05, 4.69) is 9.97 Å². The minimum Gasteiger partial charge on any atom is -0.476 e. The van der Waals surface area contributed by atoms with E-state index in [0.29, 0.717) is 29.8 Å². The maximum Gasteiger partial charge on any atom is 0.241 e. The number of nitrogens with zero attached hydrogens (tertiary/aromatic N) is 2. The third-order valence-electron chi connectivity index (χ3n) is 3.00. The zero-order valence-electron chi connectivity index (χ0n) is 9.37. The van der Waals surface area contributed by atoms with Gasteiger partial charge in [-0.05, 0) is 37.3 Å². The van der Waals surface area contributed by atoms with Gasteiger partial charge in [-0.15, -0.1) is 0 Å². The molecule has 1 aliphatic rings. The molecule has 0 radical (unpaired) electrons. The standard InChI is InChI=1S/C11H16ClN3O/c1-7-9(13)10(15-11(12)14-7)16-6-8-4-2-3-5-8/h8H,2-6,13H2,1H3. The molecule has 0 amide bonds. The summed E-state index contributed by atoms with van der Waals surface area (Å²) in [7, 11) is 0. The summed E-state index contributed by atoms with van der Waals surface area (Å²) in [6.07, 6.45) is 5.07. The van der Waals surface area contributed by atoms with Gasteiger partial charge >= 0.3 is 0 Å². The van der Waals surface area contributed by atoms with Crippen LogP contribution in [0.3, 0.4) is 0 Å². The normalized spacial score (nSPS) is 16.6. The number of rotatable bonds is 3. The van der Waals surface area contributed by atoms with Crippen LogP contribution < -0.4 is 10.5 Å². The Morgan fingerprint density at radius 3 is 2.75 bits per heavy atom. The Labute approximate surface area is 100 Å². The number of ether oxygens (including phenoxy) is 1. The van der Waals surface area contributed by atoms with Crippen molar-refractivity contribution in [2.75, 3.05) is 12.3 Å². The van der Waals surface area contributed by atoms with E-state index in [1.807, 2.05) is 0 Å². The van der Waals surface area contributed by atoms with Crippen molar-refractivity contribution in [1.82, 2.24) is 9.97 Å². The fraction of sp³-hybridized carbons (Fsp3) is 0.636. The number of nitrogens with two attached hydrogens (primary N) is 1. The van der Waals surface area contributed by atoms with E-state index in [4.69, 9.17) is 22.1 Å². The second-order valence-electron chi connectivity index (χ2n) is 4.26. The van der Waals surface area contributed by atoms with Crippen LogP contribution in [0.5, 0.6) is 5.88 Å². The Kier molecular flexibility index (Phi) is 3.49. The smallest absolute Gasteiger partial charge is 0.241 e. The zero-order chi connectivity index (χ0) is 11.5. The maximum absolute atomic E-state index is 5.83. The van der Waals surface area contributed by atoms with Crippen LogP contribution in [0.25, 0.3) is 0 Å². The molecule has 88 valence electrons. The van der Waals surface area contributed by atoms with Crippen LogP contribution in [0.4, 0.5) is 5.69 Å². The molecular formula is C11H16ClN3O. The van der Waals surface area contributed by atoms with Gasteiger partial charge in [0.25, 0.3) is 0 Å². The lowest BCUT2D eigenvalue weighted by atomic mass is 10.1. The highest BCUT2D eigenvalue weighted by Crippen LogP contribution is 2.28. The average molecular weight is 242 g/mol. The van der Waals surface area contributed by atoms with Gasteiger partial charge in [0.05, 0.1) is 12.3 Å². The van der Waals surface area contributed by atoms with Crippen molar-refractivity contribution in [2.24, 2.45) is 5.92 Å². The van der Waals surface area contributed by atoms with Crippen LogP contribution in [0.1, 0.15) is 31.4 Å². The molecule has 0 aromatic carbocycles. The largest absolute Gasteiger partial charge is 0.476 e. The zero-order valence-corrected chi connectivity index (χ0v) is 10.1. The van der Waals surface area contributed by atoms with Crippen molar-refractivity contribution >= 4 is 17.3 Å². The number of hydrogen-bond acceptors (Lipinski definition) is 4. The molecule has 0 spiro atoms. The van der Waals surface area contributed by atoms with Crippen LogP contribution >= 0.6 is 11.6 Å². The van der Waals surface area contributed by atoms with Crippen molar-refractivity contribution in [3.8, 4) is 5.88 Å². The van der Waals surface area contributed by atoms with Crippen LogP contribution in [-0.4, -0.2) is 16.6 Å². The van der Waals surface area contributed by atoms with Gasteiger partial charge in [-0.1, -0.05) is 12.8 Å². The Balaban J connectivity index is 2.02. The van der Waals surface area contributed by atoms with Crippen LogP contribution in [-0.2, 0) is 0 Å². The first kappa shape index (κ1) is 11.5. The van der Waals surface area contributed by atoms with E-state index in [1.54, 1.807) is 6.92 Å². The summed E-state index contributed by atoms with van der Waals surface area (Å²) in [6.45, 7) is 2.47. The van der Waals surface area contributed by atoms with Crippen molar-refractivity contribution in [3.63, 3.8) is 0 Å². The van der Waals surface area contributed by atoms with Crippen molar-refractivity contribution in [1.29, 1.82) is 0 Å². The second kappa shape index (κ2) is 4.87. The number of aryl methyl sites for hydroxylation is 1. The molecule has 1 saturated carbocycles. The topological polar surface area (TPSA) is 61.0 Å². The van der Waals surface area contributed by atoms with Crippen LogP contribution in [0.2, 0.25) is 5.28 Å². The van der Waals surface area contributed by atoms with Gasteiger partial charge in [0.15, 0.2) is 0 Å². The Hall–Kier alpha value is -1.03. The molecule has 16 heavy (non-hydrogen) atoms. The summed E-state index contributed by atoms with van der Waals surface area (Å²) in [5.74, 6) is 1.05. The number of anilines is 1. The molecule has 4 nitrogen and oxygen atoms in total. The van der Waals surface area contributed by atoms with E-state index in [0.717, 1.165) is 0 Å². The molecule has 0 unspecified atom stereocenters. The quantitative estimate of drug-likeness (QED) is 0.827. The summed E-state index contributed by atoms with van der Waals surface area (Å²) in [5.41, 5.74) is 6.98. The lowest BCUT2D eigenvalue weighted by Crippen LogP contribution is -2.11. The Morgan fingerprint density at radius 2 is 2.06 bits per heavy atom. The lowest BCUT2D eigenvalue weighted by molar-refractivity contribution is 0.244.